The van der Waals surface area contributed by atoms with Crippen molar-refractivity contribution in [3.05, 3.63) is 65.9 Å². The molecule has 174 valence electrons. The molecule has 35 heavy (non-hydrogen) atoms. The molecule has 1 amide bonds. The Bertz CT molecular complexity index is 1610. The summed E-state index contributed by atoms with van der Waals surface area (Å²) in [6.07, 6.45) is -0.277. The number of aromatic nitrogens is 9. The zero-order valence-electron chi connectivity index (χ0n) is 17.2. The molecule has 5 aromatic rings. The van der Waals surface area contributed by atoms with E-state index in [1.165, 1.54) is 36.7 Å². The van der Waals surface area contributed by atoms with Crippen molar-refractivity contribution in [1.82, 2.24) is 44.4 Å². The SMILES string of the molecule is N#Cc1cc(NC(=O)c2cnn(-c3cccc4nc(N)nn34)c2C(F)(F)F)cnc1-n1nccn1. The molecule has 0 fully saturated rings. The Morgan fingerprint density at radius 2 is 1.91 bits per heavy atom. The molecule has 16 heteroatoms. The minimum atomic E-state index is -4.97. The molecule has 13 nitrogen and oxygen atoms in total. The van der Waals surface area contributed by atoms with Crippen molar-refractivity contribution in [2.45, 2.75) is 6.18 Å². The maximum absolute atomic E-state index is 14.1. The molecule has 0 aliphatic rings. The van der Waals surface area contributed by atoms with Gasteiger partial charge in [0.05, 0.1) is 36.0 Å². The molecule has 5 rings (SSSR count). The van der Waals surface area contributed by atoms with Crippen LogP contribution in [0.25, 0.3) is 17.3 Å². The maximum atomic E-state index is 14.1. The second-order valence-corrected chi connectivity index (χ2v) is 6.92. The number of rotatable bonds is 4. The van der Waals surface area contributed by atoms with Gasteiger partial charge in [0.2, 0.25) is 5.95 Å². The van der Waals surface area contributed by atoms with E-state index in [-0.39, 0.29) is 34.5 Å². The lowest BCUT2D eigenvalue weighted by Gasteiger charge is -2.13. The molecule has 0 aliphatic heterocycles. The third-order valence-corrected chi connectivity index (χ3v) is 4.71. The number of amides is 1. The minimum absolute atomic E-state index is 0.0128. The van der Waals surface area contributed by atoms with Crippen molar-refractivity contribution in [2.24, 2.45) is 0 Å². The van der Waals surface area contributed by atoms with E-state index in [0.717, 1.165) is 21.7 Å². The van der Waals surface area contributed by atoms with E-state index < -0.39 is 23.3 Å². The van der Waals surface area contributed by atoms with Gasteiger partial charge >= 0.3 is 6.18 Å². The van der Waals surface area contributed by atoms with Crippen LogP contribution < -0.4 is 11.1 Å². The number of nitrogens with one attached hydrogen (secondary N) is 1. The number of nitriles is 1. The van der Waals surface area contributed by atoms with Gasteiger partial charge in [-0.25, -0.2) is 9.67 Å². The van der Waals surface area contributed by atoms with Gasteiger partial charge in [0.15, 0.2) is 23.0 Å². The summed E-state index contributed by atoms with van der Waals surface area (Å²) in [6, 6.07) is 7.38. The average molecular weight is 480 g/mol. The first-order valence-corrected chi connectivity index (χ1v) is 9.61. The Hall–Kier alpha value is -5.33. The maximum Gasteiger partial charge on any atom is 0.434 e. The van der Waals surface area contributed by atoms with Gasteiger partial charge in [0, 0.05) is 0 Å². The van der Waals surface area contributed by atoms with E-state index in [2.05, 4.69) is 35.7 Å². The monoisotopic (exact) mass is 480 g/mol. The van der Waals surface area contributed by atoms with Crippen molar-refractivity contribution in [3.8, 4) is 17.7 Å². The van der Waals surface area contributed by atoms with Crippen molar-refractivity contribution >= 4 is 23.2 Å². The number of carbonyl (C=O) groups excluding carboxylic acids is 1. The summed E-state index contributed by atoms with van der Waals surface area (Å²) in [5.74, 6) is -1.32. The smallest absolute Gasteiger partial charge is 0.366 e. The first-order chi connectivity index (χ1) is 16.8. The van der Waals surface area contributed by atoms with Gasteiger partial charge in [-0.1, -0.05) is 6.07 Å². The number of nitrogens with zero attached hydrogens (tertiary/aromatic N) is 10. The van der Waals surface area contributed by atoms with Crippen molar-refractivity contribution in [3.63, 3.8) is 0 Å². The van der Waals surface area contributed by atoms with Crippen LogP contribution in [0.15, 0.2) is 49.1 Å². The second kappa shape index (κ2) is 7.91. The average Bonchev–Trinajstić information content (AvgIpc) is 3.56. The number of nitrogen functional groups attached to an aromatic ring is 1. The fourth-order valence-corrected chi connectivity index (χ4v) is 3.32. The Kier molecular flexibility index (Phi) is 4.86. The van der Waals surface area contributed by atoms with Crippen LogP contribution >= 0.6 is 0 Å². The van der Waals surface area contributed by atoms with Crippen LogP contribution in [0, 0.1) is 11.3 Å². The van der Waals surface area contributed by atoms with Gasteiger partial charge in [0.1, 0.15) is 11.6 Å². The molecule has 0 unspecified atom stereocenters. The number of hydrogen-bond acceptors (Lipinski definition) is 9. The Morgan fingerprint density at radius 1 is 1.14 bits per heavy atom. The summed E-state index contributed by atoms with van der Waals surface area (Å²) < 4.78 is 43.8. The number of fused-ring (bicyclic) bond motifs is 1. The Labute approximate surface area is 192 Å². The number of anilines is 2. The van der Waals surface area contributed by atoms with E-state index in [0.29, 0.717) is 4.68 Å². The number of carbonyl (C=O) groups is 1. The van der Waals surface area contributed by atoms with Gasteiger partial charge < -0.3 is 11.1 Å². The normalized spacial score (nSPS) is 11.5. The molecule has 0 aliphatic carbocycles. The van der Waals surface area contributed by atoms with Crippen LogP contribution in [0.5, 0.6) is 0 Å². The lowest BCUT2D eigenvalue weighted by molar-refractivity contribution is -0.143. The number of pyridine rings is 2. The molecule has 0 bridgehead atoms. The highest BCUT2D eigenvalue weighted by molar-refractivity contribution is 6.05. The van der Waals surface area contributed by atoms with Gasteiger partial charge in [-0.3, -0.25) is 4.79 Å². The molecule has 0 saturated carbocycles. The topological polar surface area (TPSA) is 171 Å². The predicted molar refractivity (Wildman–Crippen MR) is 111 cm³/mol. The fourth-order valence-electron chi connectivity index (χ4n) is 3.32. The molecule has 0 radical (unpaired) electrons. The largest absolute Gasteiger partial charge is 0.434 e. The zero-order chi connectivity index (χ0) is 24.7. The summed E-state index contributed by atoms with van der Waals surface area (Å²) in [4.78, 5) is 21.9. The molecule has 5 aromatic heterocycles. The number of hydrogen-bond donors (Lipinski definition) is 2. The third kappa shape index (κ3) is 3.76. The molecule has 0 aromatic carbocycles. The molecule has 0 spiro atoms. The molecule has 5 heterocycles. The number of halogens is 3. The molecule has 3 N–H and O–H groups in total. The van der Waals surface area contributed by atoms with Crippen LogP contribution in [0.3, 0.4) is 0 Å². The standard InChI is InChI=1S/C19H11F3N12O/c20-19(21,22)15-12(9-28-33(15)14-3-1-2-13-30-18(24)31-32(13)14)17(35)29-11-6-10(7-23)16(25-8-11)34-26-4-5-27-34/h1-6,8-9H,(H2,24,31)(H,29,35). The number of nitrogens with two attached hydrogens (primary N) is 1. The fraction of sp³-hybridized carbons (Fsp3) is 0.0526. The van der Waals surface area contributed by atoms with E-state index in [4.69, 9.17) is 5.73 Å². The van der Waals surface area contributed by atoms with E-state index in [9.17, 15) is 23.2 Å². The van der Waals surface area contributed by atoms with E-state index in [1.807, 2.05) is 6.07 Å². The lowest BCUT2D eigenvalue weighted by Crippen LogP contribution is -2.22. The quantitative estimate of drug-likeness (QED) is 0.388. The van der Waals surface area contributed by atoms with Crippen LogP contribution in [0.4, 0.5) is 24.8 Å². The Balaban J connectivity index is 1.54. The summed E-state index contributed by atoms with van der Waals surface area (Å²) >= 11 is 0. The first kappa shape index (κ1) is 21.5. The lowest BCUT2D eigenvalue weighted by atomic mass is 10.2. The van der Waals surface area contributed by atoms with Crippen LogP contribution in [0.1, 0.15) is 21.6 Å². The van der Waals surface area contributed by atoms with Crippen molar-refractivity contribution in [1.29, 1.82) is 5.26 Å². The minimum Gasteiger partial charge on any atom is -0.366 e. The Morgan fingerprint density at radius 3 is 2.63 bits per heavy atom. The highest BCUT2D eigenvalue weighted by Gasteiger charge is 2.41. The van der Waals surface area contributed by atoms with Crippen LogP contribution in [0.2, 0.25) is 0 Å². The van der Waals surface area contributed by atoms with Crippen molar-refractivity contribution < 1.29 is 18.0 Å². The van der Waals surface area contributed by atoms with E-state index in [1.54, 1.807) is 0 Å². The molecular formula is C19H11F3N12O. The third-order valence-electron chi connectivity index (χ3n) is 4.71. The highest BCUT2D eigenvalue weighted by Crippen LogP contribution is 2.34. The zero-order valence-corrected chi connectivity index (χ0v) is 17.2. The van der Waals surface area contributed by atoms with Gasteiger partial charge in [-0.15, -0.1) is 9.90 Å². The van der Waals surface area contributed by atoms with Crippen LogP contribution in [-0.2, 0) is 6.18 Å². The summed E-state index contributed by atoms with van der Waals surface area (Å²) in [7, 11) is 0. The van der Waals surface area contributed by atoms with Crippen LogP contribution in [-0.4, -0.2) is 50.3 Å². The number of alkyl halides is 3. The van der Waals surface area contributed by atoms with Crippen molar-refractivity contribution in [2.75, 3.05) is 11.1 Å². The van der Waals surface area contributed by atoms with Gasteiger partial charge in [-0.05, 0) is 18.2 Å². The first-order valence-electron chi connectivity index (χ1n) is 9.61. The second-order valence-electron chi connectivity index (χ2n) is 6.92. The van der Waals surface area contributed by atoms with E-state index >= 15 is 0 Å². The molecule has 0 atom stereocenters. The summed E-state index contributed by atoms with van der Waals surface area (Å²) in [6.45, 7) is 0. The molecule has 0 saturated heterocycles. The van der Waals surface area contributed by atoms with Gasteiger partial charge in [0.25, 0.3) is 5.91 Å². The molecular weight excluding hydrogens is 469 g/mol. The summed E-state index contributed by atoms with van der Waals surface area (Å²) in [5.41, 5.74) is 3.62. The highest BCUT2D eigenvalue weighted by atomic mass is 19.4. The predicted octanol–water partition coefficient (Wildman–Crippen LogP) is 1.62. The summed E-state index contributed by atoms with van der Waals surface area (Å²) in [5, 5.41) is 27.1. The van der Waals surface area contributed by atoms with Gasteiger partial charge in [-0.2, -0.15) is 43.2 Å².